The third-order valence-electron chi connectivity index (χ3n) is 3.38. The Morgan fingerprint density at radius 2 is 1.46 bits per heavy atom. The molecule has 0 spiro atoms. The summed E-state index contributed by atoms with van der Waals surface area (Å²) < 4.78 is 0.228. The number of aromatic nitrogens is 6. The smallest absolute Gasteiger partial charge is 0.296 e. The van der Waals surface area contributed by atoms with Crippen LogP contribution in [0.5, 0.6) is 0 Å². The van der Waals surface area contributed by atoms with Gasteiger partial charge in [0.05, 0.1) is 11.4 Å². The maximum absolute atomic E-state index is 11.6. The Labute approximate surface area is 140 Å². The molecule has 0 unspecified atom stereocenters. The summed E-state index contributed by atoms with van der Waals surface area (Å²) in [6.07, 6.45) is 3.35. The minimum absolute atomic E-state index is 0.228. The van der Waals surface area contributed by atoms with Crippen molar-refractivity contribution in [3.63, 3.8) is 0 Å². The summed E-state index contributed by atoms with van der Waals surface area (Å²) in [5.41, 5.74) is 2.64. The molecule has 8 heteroatoms. The average molecular weight is 334 g/mol. The Morgan fingerprint density at radius 1 is 0.833 bits per heavy atom. The van der Waals surface area contributed by atoms with Crippen molar-refractivity contribution < 1.29 is 0 Å². The summed E-state index contributed by atoms with van der Waals surface area (Å²) in [7, 11) is 0. The number of rotatable bonds is 2. The molecule has 0 fully saturated rings. The summed E-state index contributed by atoms with van der Waals surface area (Å²) in [6, 6.07) is 11.0. The maximum atomic E-state index is 11.6. The van der Waals surface area contributed by atoms with Crippen LogP contribution in [0.2, 0.25) is 0 Å². The van der Waals surface area contributed by atoms with Crippen LogP contribution in [0, 0.1) is 4.64 Å². The predicted molar refractivity (Wildman–Crippen MR) is 91.8 cm³/mol. The highest BCUT2D eigenvalue weighted by atomic mass is 32.1. The molecule has 0 radical (unpaired) electrons. The fraction of sp³-hybridized carbons (Fsp3) is 0. The molecule has 4 heterocycles. The van der Waals surface area contributed by atoms with Gasteiger partial charge in [0.2, 0.25) is 0 Å². The molecule has 4 rings (SSSR count). The number of pyridine rings is 2. The summed E-state index contributed by atoms with van der Waals surface area (Å²) in [5.74, 6) is 0. The first-order valence-electron chi connectivity index (χ1n) is 7.09. The molecule has 7 nitrogen and oxygen atoms in total. The first kappa shape index (κ1) is 14.3. The van der Waals surface area contributed by atoms with Crippen molar-refractivity contribution in [2.45, 2.75) is 0 Å². The summed E-state index contributed by atoms with van der Waals surface area (Å²) >= 11 is 5.20. The third-order valence-corrected chi connectivity index (χ3v) is 3.68. The second-order valence-electron chi connectivity index (χ2n) is 4.96. The van der Waals surface area contributed by atoms with Crippen molar-refractivity contribution in [1.82, 2.24) is 29.9 Å². The molecule has 0 amide bonds. The lowest BCUT2D eigenvalue weighted by Crippen LogP contribution is -2.12. The van der Waals surface area contributed by atoms with Crippen LogP contribution in [0.3, 0.4) is 0 Å². The number of H-pyrrole nitrogens is 2. The van der Waals surface area contributed by atoms with Gasteiger partial charge in [-0.3, -0.25) is 19.9 Å². The van der Waals surface area contributed by atoms with E-state index in [9.17, 15) is 4.79 Å². The van der Waals surface area contributed by atoms with Crippen molar-refractivity contribution in [1.29, 1.82) is 0 Å². The van der Waals surface area contributed by atoms with Crippen LogP contribution in [-0.2, 0) is 0 Å². The number of hydrogen-bond acceptors (Lipinski definition) is 6. The fourth-order valence-corrected chi connectivity index (χ4v) is 2.58. The highest BCUT2D eigenvalue weighted by Gasteiger charge is 2.16. The van der Waals surface area contributed by atoms with Gasteiger partial charge in [0.1, 0.15) is 21.5 Å². The number of aromatic amines is 2. The second kappa shape index (κ2) is 5.74. The zero-order valence-electron chi connectivity index (χ0n) is 12.2. The van der Waals surface area contributed by atoms with E-state index >= 15 is 0 Å². The first-order chi connectivity index (χ1) is 11.7. The zero-order chi connectivity index (χ0) is 16.5. The first-order valence-corrected chi connectivity index (χ1v) is 7.50. The van der Waals surface area contributed by atoms with Crippen molar-refractivity contribution in [2.24, 2.45) is 0 Å². The lowest BCUT2D eigenvalue weighted by Gasteiger charge is -2.08. The van der Waals surface area contributed by atoms with E-state index in [1.165, 1.54) is 0 Å². The van der Waals surface area contributed by atoms with Gasteiger partial charge in [-0.1, -0.05) is 24.4 Å². The lowest BCUT2D eigenvalue weighted by atomic mass is 10.1. The average Bonchev–Trinajstić information content (AvgIpc) is 2.62. The quantitative estimate of drug-likeness (QED) is 0.546. The molecule has 0 aliphatic carbocycles. The van der Waals surface area contributed by atoms with Gasteiger partial charge in [-0.2, -0.15) is 0 Å². The van der Waals surface area contributed by atoms with Gasteiger partial charge in [0, 0.05) is 12.4 Å². The molecule has 0 aliphatic heterocycles. The SMILES string of the molecule is O=c1[nH]c(=S)c2nc(-c3ccccn3)c(-c3ccccn3)nc2[nH]1. The standard InChI is InChI=1S/C16H10N6OS/c23-16-21-14-13(15(24)22-16)19-11(9-5-1-3-7-17-9)12(20-14)10-6-2-4-8-18-10/h1-8H,(H2,20,21,22,23,24). The van der Waals surface area contributed by atoms with E-state index in [0.717, 1.165) is 0 Å². The summed E-state index contributed by atoms with van der Waals surface area (Å²) in [5, 5.41) is 0. The molecule has 2 N–H and O–H groups in total. The number of hydrogen-bond donors (Lipinski definition) is 2. The molecule has 4 aromatic heterocycles. The molecule has 0 bridgehead atoms. The van der Waals surface area contributed by atoms with Crippen molar-refractivity contribution in [3.8, 4) is 22.8 Å². The summed E-state index contributed by atoms with van der Waals surface area (Å²) in [6.45, 7) is 0. The van der Waals surface area contributed by atoms with Gasteiger partial charge in [-0.05, 0) is 24.3 Å². The molecule has 24 heavy (non-hydrogen) atoms. The van der Waals surface area contributed by atoms with Gasteiger partial charge < -0.3 is 0 Å². The van der Waals surface area contributed by atoms with E-state index in [1.807, 2.05) is 36.4 Å². The van der Waals surface area contributed by atoms with Crippen LogP contribution in [0.4, 0.5) is 0 Å². The van der Waals surface area contributed by atoms with E-state index in [0.29, 0.717) is 33.9 Å². The van der Waals surface area contributed by atoms with Crippen LogP contribution < -0.4 is 5.69 Å². The van der Waals surface area contributed by atoms with Gasteiger partial charge in [0.25, 0.3) is 0 Å². The van der Waals surface area contributed by atoms with E-state index in [1.54, 1.807) is 12.4 Å². The molecule has 0 saturated heterocycles. The Balaban J connectivity index is 2.12. The molecular formula is C16H10N6OS. The lowest BCUT2D eigenvalue weighted by molar-refractivity contribution is 1.06. The Bertz CT molecular complexity index is 1140. The van der Waals surface area contributed by atoms with Gasteiger partial charge in [0.15, 0.2) is 5.65 Å². The molecule has 4 aromatic rings. The minimum Gasteiger partial charge on any atom is -0.296 e. The molecular weight excluding hydrogens is 324 g/mol. The van der Waals surface area contributed by atoms with E-state index in [-0.39, 0.29) is 4.64 Å². The molecule has 116 valence electrons. The van der Waals surface area contributed by atoms with Crippen LogP contribution in [0.25, 0.3) is 33.9 Å². The van der Waals surface area contributed by atoms with Crippen LogP contribution in [-0.4, -0.2) is 29.9 Å². The van der Waals surface area contributed by atoms with Crippen LogP contribution >= 0.6 is 12.2 Å². The highest BCUT2D eigenvalue weighted by molar-refractivity contribution is 7.71. The predicted octanol–water partition coefficient (Wildman–Crippen LogP) is 2.50. The highest BCUT2D eigenvalue weighted by Crippen LogP contribution is 2.27. The monoisotopic (exact) mass is 334 g/mol. The van der Waals surface area contributed by atoms with E-state index in [4.69, 9.17) is 12.2 Å². The largest absolute Gasteiger partial charge is 0.325 e. The van der Waals surface area contributed by atoms with Crippen molar-refractivity contribution in [3.05, 3.63) is 63.9 Å². The van der Waals surface area contributed by atoms with Crippen molar-refractivity contribution >= 4 is 23.4 Å². The minimum atomic E-state index is -0.431. The Hall–Kier alpha value is -3.26. The van der Waals surface area contributed by atoms with Crippen LogP contribution in [0.15, 0.2) is 53.6 Å². The normalized spacial score (nSPS) is 10.8. The number of nitrogens with one attached hydrogen (secondary N) is 2. The molecule has 0 atom stereocenters. The topological polar surface area (TPSA) is 100 Å². The number of fused-ring (bicyclic) bond motifs is 1. The van der Waals surface area contributed by atoms with Gasteiger partial charge in [-0.25, -0.2) is 14.8 Å². The van der Waals surface area contributed by atoms with Crippen molar-refractivity contribution in [2.75, 3.05) is 0 Å². The second-order valence-corrected chi connectivity index (χ2v) is 5.36. The van der Waals surface area contributed by atoms with Crippen LogP contribution in [0.1, 0.15) is 0 Å². The Kier molecular flexibility index (Phi) is 3.43. The molecule has 0 aliphatic rings. The molecule has 0 saturated carbocycles. The molecule has 0 aromatic carbocycles. The van der Waals surface area contributed by atoms with E-state index in [2.05, 4.69) is 29.9 Å². The van der Waals surface area contributed by atoms with E-state index < -0.39 is 5.69 Å². The zero-order valence-corrected chi connectivity index (χ0v) is 13.0. The number of nitrogens with zero attached hydrogens (tertiary/aromatic N) is 4. The third kappa shape index (κ3) is 2.48. The van der Waals surface area contributed by atoms with Gasteiger partial charge in [-0.15, -0.1) is 0 Å². The fourth-order valence-electron chi connectivity index (χ4n) is 2.34. The maximum Gasteiger partial charge on any atom is 0.325 e. The Morgan fingerprint density at radius 3 is 2.04 bits per heavy atom. The van der Waals surface area contributed by atoms with Gasteiger partial charge >= 0.3 is 5.69 Å². The summed E-state index contributed by atoms with van der Waals surface area (Å²) in [4.78, 5) is 34.6.